The van der Waals surface area contributed by atoms with Crippen LogP contribution in [0.5, 0.6) is 0 Å². The van der Waals surface area contributed by atoms with Crippen LogP contribution in [0, 0.1) is 5.92 Å². The molecule has 1 aromatic carbocycles. The second-order valence-electron chi connectivity index (χ2n) is 6.75. The summed E-state index contributed by atoms with van der Waals surface area (Å²) in [6, 6.07) is 10.4. The van der Waals surface area contributed by atoms with Crippen LogP contribution in [-0.4, -0.2) is 28.5 Å². The number of fused-ring (bicyclic) bond motifs is 1. The highest BCUT2D eigenvalue weighted by Crippen LogP contribution is 2.36. The minimum Gasteiger partial charge on any atom is -0.351 e. The smallest absolute Gasteiger partial charge is 0.270 e. The summed E-state index contributed by atoms with van der Waals surface area (Å²) in [6.45, 7) is 7.12. The molecule has 1 amide bonds. The summed E-state index contributed by atoms with van der Waals surface area (Å²) in [7, 11) is 0. The first-order valence-corrected chi connectivity index (χ1v) is 8.53. The van der Waals surface area contributed by atoms with Gasteiger partial charge in [-0.05, 0) is 37.3 Å². The molecule has 1 aliphatic rings. The number of aromatic nitrogens is 2. The average Bonchev–Trinajstić information content (AvgIpc) is 2.90. The molecule has 1 N–H and O–H groups in total. The lowest BCUT2D eigenvalue weighted by Gasteiger charge is -2.23. The molecule has 5 nitrogen and oxygen atoms in total. The highest BCUT2D eigenvalue weighted by molar-refractivity contribution is 5.93. The second-order valence-corrected chi connectivity index (χ2v) is 6.75. The molecule has 3 rings (SSSR count). The third-order valence-electron chi connectivity index (χ3n) is 4.35. The number of hydrogen-bond acceptors (Lipinski definition) is 4. The molecule has 0 radical (unpaired) electrons. The molecule has 0 saturated heterocycles. The van der Waals surface area contributed by atoms with Gasteiger partial charge in [0.2, 0.25) is 0 Å². The summed E-state index contributed by atoms with van der Waals surface area (Å²) in [4.78, 5) is 23.0. The van der Waals surface area contributed by atoms with Crippen LogP contribution >= 0.6 is 0 Å². The molecule has 0 spiro atoms. The Morgan fingerprint density at radius 1 is 1.33 bits per heavy atom. The fourth-order valence-corrected chi connectivity index (χ4v) is 3.08. The Morgan fingerprint density at radius 2 is 2.12 bits per heavy atom. The standard InChI is InChI=1S/C19H24N4O/c1-13(2)8-9-20-19(24)16-11-18(22-12-21-16)23-14(3)10-15-6-4-5-7-17(15)23/h4-7,11-14H,8-10H2,1-3H3,(H,20,24). The third kappa shape index (κ3) is 3.40. The van der Waals surface area contributed by atoms with Gasteiger partial charge in [-0.2, -0.15) is 0 Å². The van der Waals surface area contributed by atoms with E-state index in [1.54, 1.807) is 6.07 Å². The van der Waals surface area contributed by atoms with E-state index in [9.17, 15) is 4.79 Å². The molecule has 24 heavy (non-hydrogen) atoms. The van der Waals surface area contributed by atoms with Gasteiger partial charge >= 0.3 is 0 Å². The van der Waals surface area contributed by atoms with Crippen molar-refractivity contribution in [2.24, 2.45) is 5.92 Å². The van der Waals surface area contributed by atoms with E-state index >= 15 is 0 Å². The van der Waals surface area contributed by atoms with Gasteiger partial charge in [-0.25, -0.2) is 9.97 Å². The Labute approximate surface area is 143 Å². The number of hydrogen-bond donors (Lipinski definition) is 1. The molecule has 0 fully saturated rings. The number of rotatable bonds is 5. The molecule has 1 aliphatic heterocycles. The number of nitrogens with one attached hydrogen (secondary N) is 1. The van der Waals surface area contributed by atoms with E-state index in [0.717, 1.165) is 24.3 Å². The summed E-state index contributed by atoms with van der Waals surface area (Å²) in [5.41, 5.74) is 2.89. The number of nitrogens with zero attached hydrogens (tertiary/aromatic N) is 3. The summed E-state index contributed by atoms with van der Waals surface area (Å²) in [5, 5.41) is 2.93. The Hall–Kier alpha value is -2.43. The van der Waals surface area contributed by atoms with Crippen molar-refractivity contribution >= 4 is 17.4 Å². The van der Waals surface area contributed by atoms with Crippen LogP contribution < -0.4 is 10.2 Å². The predicted molar refractivity (Wildman–Crippen MR) is 95.6 cm³/mol. The van der Waals surface area contributed by atoms with Gasteiger partial charge in [0.15, 0.2) is 0 Å². The summed E-state index contributed by atoms with van der Waals surface area (Å²) in [6.07, 6.45) is 3.41. The van der Waals surface area contributed by atoms with E-state index in [1.165, 1.54) is 11.9 Å². The van der Waals surface area contributed by atoms with Gasteiger partial charge in [-0.15, -0.1) is 0 Å². The molecule has 126 valence electrons. The maximum Gasteiger partial charge on any atom is 0.270 e. The lowest BCUT2D eigenvalue weighted by Crippen LogP contribution is -2.28. The molecule has 0 aliphatic carbocycles. The Kier molecular flexibility index (Phi) is 4.79. The molecule has 1 unspecified atom stereocenters. The van der Waals surface area contributed by atoms with Crippen LogP contribution in [0.25, 0.3) is 0 Å². The van der Waals surface area contributed by atoms with E-state index in [0.29, 0.717) is 24.2 Å². The zero-order chi connectivity index (χ0) is 17.1. The third-order valence-corrected chi connectivity index (χ3v) is 4.35. The molecular weight excluding hydrogens is 300 g/mol. The van der Waals surface area contributed by atoms with Gasteiger partial charge in [0.25, 0.3) is 5.91 Å². The first-order chi connectivity index (χ1) is 11.6. The normalized spacial score (nSPS) is 16.3. The fourth-order valence-electron chi connectivity index (χ4n) is 3.08. The van der Waals surface area contributed by atoms with Crippen molar-refractivity contribution in [1.82, 2.24) is 15.3 Å². The summed E-state index contributed by atoms with van der Waals surface area (Å²) >= 11 is 0. The Bertz CT molecular complexity index is 729. The zero-order valence-corrected chi connectivity index (χ0v) is 14.5. The van der Waals surface area contributed by atoms with Gasteiger partial charge in [0, 0.05) is 24.3 Å². The van der Waals surface area contributed by atoms with E-state index < -0.39 is 0 Å². The molecule has 0 bridgehead atoms. The highest BCUT2D eigenvalue weighted by atomic mass is 16.1. The Morgan fingerprint density at radius 3 is 2.92 bits per heavy atom. The number of benzene rings is 1. The van der Waals surface area contributed by atoms with Crippen LogP contribution in [0.2, 0.25) is 0 Å². The number of anilines is 2. The minimum atomic E-state index is -0.139. The van der Waals surface area contributed by atoms with Gasteiger partial charge < -0.3 is 10.2 Å². The highest BCUT2D eigenvalue weighted by Gasteiger charge is 2.28. The quantitative estimate of drug-likeness (QED) is 0.916. The average molecular weight is 324 g/mol. The lowest BCUT2D eigenvalue weighted by atomic mass is 10.1. The molecule has 2 heterocycles. The number of carbonyl (C=O) groups excluding carboxylic acids is 1. The predicted octanol–water partition coefficient (Wildman–Crippen LogP) is 3.34. The molecule has 2 aromatic rings. The molecule has 5 heteroatoms. The lowest BCUT2D eigenvalue weighted by molar-refractivity contribution is 0.0947. The van der Waals surface area contributed by atoms with Gasteiger partial charge in [0.1, 0.15) is 17.8 Å². The second kappa shape index (κ2) is 6.99. The van der Waals surface area contributed by atoms with Crippen molar-refractivity contribution in [3.8, 4) is 0 Å². The topological polar surface area (TPSA) is 58.1 Å². The molecular formula is C19H24N4O. The molecule has 1 aromatic heterocycles. The van der Waals surface area contributed by atoms with Crippen molar-refractivity contribution in [2.45, 2.75) is 39.7 Å². The van der Waals surface area contributed by atoms with Crippen molar-refractivity contribution in [3.63, 3.8) is 0 Å². The number of carbonyl (C=O) groups is 1. The summed E-state index contributed by atoms with van der Waals surface area (Å²) < 4.78 is 0. The number of para-hydroxylation sites is 1. The van der Waals surface area contributed by atoms with Crippen molar-refractivity contribution < 1.29 is 4.79 Å². The first kappa shape index (κ1) is 16.4. The van der Waals surface area contributed by atoms with Gasteiger partial charge in [0.05, 0.1) is 0 Å². The van der Waals surface area contributed by atoms with Gasteiger partial charge in [-0.1, -0.05) is 32.0 Å². The van der Waals surface area contributed by atoms with Crippen LogP contribution in [0.4, 0.5) is 11.5 Å². The first-order valence-electron chi connectivity index (χ1n) is 8.53. The maximum absolute atomic E-state index is 12.3. The SMILES string of the molecule is CC(C)CCNC(=O)c1cc(N2c3ccccc3CC2C)ncn1. The molecule has 0 saturated carbocycles. The van der Waals surface area contributed by atoms with Crippen molar-refractivity contribution in [1.29, 1.82) is 0 Å². The van der Waals surface area contributed by atoms with Gasteiger partial charge in [-0.3, -0.25) is 4.79 Å². The summed E-state index contributed by atoms with van der Waals surface area (Å²) in [5.74, 6) is 1.20. The van der Waals surface area contributed by atoms with E-state index in [2.05, 4.69) is 59.2 Å². The van der Waals surface area contributed by atoms with E-state index in [4.69, 9.17) is 0 Å². The monoisotopic (exact) mass is 324 g/mol. The zero-order valence-electron chi connectivity index (χ0n) is 14.5. The van der Waals surface area contributed by atoms with Crippen LogP contribution in [0.1, 0.15) is 43.2 Å². The van der Waals surface area contributed by atoms with E-state index in [1.807, 2.05) is 6.07 Å². The van der Waals surface area contributed by atoms with Crippen LogP contribution in [0.3, 0.4) is 0 Å². The van der Waals surface area contributed by atoms with Crippen LogP contribution in [-0.2, 0) is 6.42 Å². The minimum absolute atomic E-state index is 0.139. The maximum atomic E-state index is 12.3. The van der Waals surface area contributed by atoms with Crippen molar-refractivity contribution in [3.05, 3.63) is 47.9 Å². The number of amides is 1. The van der Waals surface area contributed by atoms with Crippen molar-refractivity contribution in [2.75, 3.05) is 11.4 Å². The van der Waals surface area contributed by atoms with E-state index in [-0.39, 0.29) is 5.91 Å². The van der Waals surface area contributed by atoms with Crippen LogP contribution in [0.15, 0.2) is 36.7 Å². The molecule has 1 atom stereocenters. The fraction of sp³-hybridized carbons (Fsp3) is 0.421. The Balaban J connectivity index is 1.80. The largest absolute Gasteiger partial charge is 0.351 e.